The van der Waals surface area contributed by atoms with Crippen LogP contribution < -0.4 is 14.2 Å². The number of methoxy groups -OCH3 is 1. The molecular formula is C18H21BrO3. The monoisotopic (exact) mass is 364 g/mol. The fraction of sp³-hybridized carbons (Fsp3) is 0.333. The minimum atomic E-state index is 0.592. The predicted octanol–water partition coefficient (Wildman–Crippen LogP) is 4.92. The van der Waals surface area contributed by atoms with Crippen molar-refractivity contribution >= 4 is 15.9 Å². The van der Waals surface area contributed by atoms with E-state index in [1.54, 1.807) is 7.11 Å². The van der Waals surface area contributed by atoms with Crippen molar-refractivity contribution in [2.24, 2.45) is 0 Å². The summed E-state index contributed by atoms with van der Waals surface area (Å²) in [5, 5.41) is 0. The lowest BCUT2D eigenvalue weighted by atomic mass is 10.1. The molecule has 2 rings (SSSR count). The van der Waals surface area contributed by atoms with Crippen molar-refractivity contribution in [1.82, 2.24) is 0 Å². The summed E-state index contributed by atoms with van der Waals surface area (Å²) in [6.45, 7) is 5.32. The summed E-state index contributed by atoms with van der Waals surface area (Å²) in [5.74, 6) is 2.48. The quantitative estimate of drug-likeness (QED) is 0.652. The van der Waals surface area contributed by atoms with Gasteiger partial charge in [0.15, 0.2) is 11.5 Å². The van der Waals surface area contributed by atoms with Crippen molar-refractivity contribution in [1.29, 1.82) is 0 Å². The summed E-state index contributed by atoms with van der Waals surface area (Å²) in [6.07, 6.45) is 0.812. The number of aryl methyl sites for hydroxylation is 2. The maximum absolute atomic E-state index is 5.88. The Bertz CT molecular complexity index is 602. The van der Waals surface area contributed by atoms with E-state index >= 15 is 0 Å². The van der Waals surface area contributed by atoms with Gasteiger partial charge in [0.05, 0.1) is 20.3 Å². The van der Waals surface area contributed by atoms with Crippen molar-refractivity contribution < 1.29 is 14.2 Å². The number of benzene rings is 2. The highest BCUT2D eigenvalue weighted by atomic mass is 79.9. The molecule has 3 nitrogen and oxygen atoms in total. The smallest absolute Gasteiger partial charge is 0.161 e. The van der Waals surface area contributed by atoms with Gasteiger partial charge in [0.25, 0.3) is 0 Å². The Morgan fingerprint density at radius 2 is 1.50 bits per heavy atom. The summed E-state index contributed by atoms with van der Waals surface area (Å²) in [7, 11) is 1.64. The molecule has 0 fully saturated rings. The van der Waals surface area contributed by atoms with Crippen LogP contribution in [0.3, 0.4) is 0 Å². The minimum absolute atomic E-state index is 0.592. The third-order valence-electron chi connectivity index (χ3n) is 3.29. The molecular weight excluding hydrogens is 344 g/mol. The molecule has 2 aromatic carbocycles. The number of hydrogen-bond donors (Lipinski definition) is 0. The molecule has 0 saturated heterocycles. The van der Waals surface area contributed by atoms with Crippen LogP contribution in [0.4, 0.5) is 0 Å². The van der Waals surface area contributed by atoms with Crippen LogP contribution in [0.2, 0.25) is 0 Å². The van der Waals surface area contributed by atoms with Gasteiger partial charge in [-0.1, -0.05) is 28.1 Å². The molecule has 0 amide bonds. The summed E-state index contributed by atoms with van der Waals surface area (Å²) in [4.78, 5) is 0. The Hall–Kier alpha value is -1.68. The normalized spacial score (nSPS) is 10.4. The predicted molar refractivity (Wildman–Crippen MR) is 92.2 cm³/mol. The lowest BCUT2D eigenvalue weighted by Gasteiger charge is -2.13. The maximum atomic E-state index is 5.88. The van der Waals surface area contributed by atoms with Crippen molar-refractivity contribution in [3.8, 4) is 17.2 Å². The molecule has 22 heavy (non-hydrogen) atoms. The van der Waals surface area contributed by atoms with Crippen LogP contribution in [-0.2, 0) is 0 Å². The number of para-hydroxylation sites is 2. The highest BCUT2D eigenvalue weighted by molar-refractivity contribution is 9.10. The van der Waals surface area contributed by atoms with Gasteiger partial charge in [-0.2, -0.15) is 0 Å². The summed E-state index contributed by atoms with van der Waals surface area (Å²) < 4.78 is 17.9. The molecule has 0 atom stereocenters. The Balaban J connectivity index is 1.81. The Morgan fingerprint density at radius 3 is 2.14 bits per heavy atom. The SMILES string of the molecule is COc1ccccc1OCCCOc1c(C)cc(Br)cc1C. The Kier molecular flexibility index (Phi) is 6.13. The average Bonchev–Trinajstić information content (AvgIpc) is 2.49. The van der Waals surface area contributed by atoms with E-state index in [-0.39, 0.29) is 0 Å². The zero-order valence-corrected chi connectivity index (χ0v) is 14.8. The molecule has 0 aromatic heterocycles. The molecule has 118 valence electrons. The van der Waals surface area contributed by atoms with E-state index in [0.717, 1.165) is 39.3 Å². The molecule has 0 spiro atoms. The van der Waals surface area contributed by atoms with Crippen LogP contribution in [0.15, 0.2) is 40.9 Å². The fourth-order valence-electron chi connectivity index (χ4n) is 2.28. The van der Waals surface area contributed by atoms with Gasteiger partial charge in [-0.05, 0) is 49.2 Å². The van der Waals surface area contributed by atoms with Gasteiger partial charge in [0, 0.05) is 10.9 Å². The highest BCUT2D eigenvalue weighted by Gasteiger charge is 2.06. The van der Waals surface area contributed by atoms with E-state index in [9.17, 15) is 0 Å². The number of rotatable bonds is 7. The molecule has 0 unspecified atom stereocenters. The molecule has 0 aliphatic heterocycles. The van der Waals surface area contributed by atoms with E-state index in [1.165, 1.54) is 0 Å². The maximum Gasteiger partial charge on any atom is 0.161 e. The molecule has 0 aliphatic carbocycles. The lowest BCUT2D eigenvalue weighted by Crippen LogP contribution is -2.07. The molecule has 0 heterocycles. The lowest BCUT2D eigenvalue weighted by molar-refractivity contribution is 0.239. The first-order valence-corrected chi connectivity index (χ1v) is 8.06. The van der Waals surface area contributed by atoms with Crippen LogP contribution in [0, 0.1) is 13.8 Å². The number of ether oxygens (including phenoxy) is 3. The molecule has 0 aliphatic rings. The zero-order chi connectivity index (χ0) is 15.9. The largest absolute Gasteiger partial charge is 0.493 e. The van der Waals surface area contributed by atoms with Crippen molar-refractivity contribution in [2.75, 3.05) is 20.3 Å². The standard InChI is InChI=1S/C18H21BrO3/c1-13-11-15(19)12-14(2)18(13)22-10-6-9-21-17-8-5-4-7-16(17)20-3/h4-5,7-8,11-12H,6,9-10H2,1-3H3. The van der Waals surface area contributed by atoms with Crippen LogP contribution in [0.25, 0.3) is 0 Å². The topological polar surface area (TPSA) is 27.7 Å². The third-order valence-corrected chi connectivity index (χ3v) is 3.74. The van der Waals surface area contributed by atoms with Gasteiger partial charge in [0.2, 0.25) is 0 Å². The number of halogens is 1. The first kappa shape index (κ1) is 16.7. The third kappa shape index (κ3) is 4.41. The van der Waals surface area contributed by atoms with Gasteiger partial charge in [-0.25, -0.2) is 0 Å². The molecule has 0 N–H and O–H groups in total. The van der Waals surface area contributed by atoms with Gasteiger partial charge in [-0.3, -0.25) is 0 Å². The van der Waals surface area contributed by atoms with E-state index in [0.29, 0.717) is 13.2 Å². The second-order valence-corrected chi connectivity index (χ2v) is 5.99. The van der Waals surface area contributed by atoms with E-state index in [4.69, 9.17) is 14.2 Å². The first-order chi connectivity index (χ1) is 10.6. The molecule has 0 saturated carbocycles. The van der Waals surface area contributed by atoms with Crippen molar-refractivity contribution in [2.45, 2.75) is 20.3 Å². The molecule has 2 aromatic rings. The van der Waals surface area contributed by atoms with Crippen molar-refractivity contribution in [3.63, 3.8) is 0 Å². The van der Waals surface area contributed by atoms with Crippen molar-refractivity contribution in [3.05, 3.63) is 52.0 Å². The molecule has 4 heteroatoms. The zero-order valence-electron chi connectivity index (χ0n) is 13.2. The average molecular weight is 365 g/mol. The van der Waals surface area contributed by atoms with Crippen LogP contribution >= 0.6 is 15.9 Å². The highest BCUT2D eigenvalue weighted by Crippen LogP contribution is 2.28. The fourth-order valence-corrected chi connectivity index (χ4v) is 2.97. The van der Waals surface area contributed by atoms with Gasteiger partial charge in [-0.15, -0.1) is 0 Å². The molecule has 0 bridgehead atoms. The van der Waals surface area contributed by atoms with Crippen LogP contribution in [-0.4, -0.2) is 20.3 Å². The summed E-state index contributed by atoms with van der Waals surface area (Å²) in [5.41, 5.74) is 2.27. The van der Waals surface area contributed by atoms with Crippen LogP contribution in [0.1, 0.15) is 17.5 Å². The summed E-state index contributed by atoms with van der Waals surface area (Å²) >= 11 is 3.49. The van der Waals surface area contributed by atoms with Crippen LogP contribution in [0.5, 0.6) is 17.2 Å². The van der Waals surface area contributed by atoms with Gasteiger partial charge >= 0.3 is 0 Å². The Labute approximate surface area is 140 Å². The van der Waals surface area contributed by atoms with E-state index in [1.807, 2.05) is 24.3 Å². The second-order valence-electron chi connectivity index (χ2n) is 5.07. The second kappa shape index (κ2) is 8.08. The minimum Gasteiger partial charge on any atom is -0.493 e. The summed E-state index contributed by atoms with van der Waals surface area (Å²) in [6, 6.07) is 11.8. The number of hydrogen-bond acceptors (Lipinski definition) is 3. The van der Waals surface area contributed by atoms with E-state index in [2.05, 4.69) is 41.9 Å². The first-order valence-electron chi connectivity index (χ1n) is 7.27. The van der Waals surface area contributed by atoms with Gasteiger partial charge < -0.3 is 14.2 Å². The van der Waals surface area contributed by atoms with E-state index < -0.39 is 0 Å². The van der Waals surface area contributed by atoms with Gasteiger partial charge in [0.1, 0.15) is 5.75 Å². The Morgan fingerprint density at radius 1 is 0.909 bits per heavy atom. The molecule has 0 radical (unpaired) electrons.